The lowest BCUT2D eigenvalue weighted by atomic mass is 10.2. The van der Waals surface area contributed by atoms with E-state index in [1.165, 1.54) is 6.42 Å². The summed E-state index contributed by atoms with van der Waals surface area (Å²) in [6, 6.07) is 7.51. The maximum atomic E-state index is 5.44. The Hall–Kier alpha value is -1.85. The SMILES string of the molecule is C1OC2CC12.COc1ccc(-c2nc(CN)co2)cc1. The highest BCUT2D eigenvalue weighted by Gasteiger charge is 2.46. The fourth-order valence-corrected chi connectivity index (χ4v) is 1.99. The Morgan fingerprint density at radius 2 is 2.10 bits per heavy atom. The summed E-state index contributed by atoms with van der Waals surface area (Å²) >= 11 is 0. The lowest BCUT2D eigenvalue weighted by Crippen LogP contribution is -2.12. The second-order valence-corrected chi connectivity index (χ2v) is 4.94. The fourth-order valence-electron chi connectivity index (χ4n) is 1.99. The third-order valence-electron chi connectivity index (χ3n) is 3.48. The first-order chi connectivity index (χ1) is 9.80. The largest absolute Gasteiger partial charge is 0.497 e. The van der Waals surface area contributed by atoms with Crippen molar-refractivity contribution in [2.24, 2.45) is 11.7 Å². The molecule has 1 aromatic carbocycles. The first kappa shape index (κ1) is 13.1. The number of ether oxygens (including phenoxy) is 2. The molecule has 0 amide bonds. The number of nitrogens with two attached hydrogens (primary N) is 1. The van der Waals surface area contributed by atoms with E-state index in [1.807, 2.05) is 24.3 Å². The molecule has 2 atom stereocenters. The van der Waals surface area contributed by atoms with Gasteiger partial charge in [0, 0.05) is 18.0 Å². The number of benzene rings is 1. The number of fused-ring (bicyclic) bond motifs is 1. The second kappa shape index (κ2) is 5.64. The summed E-state index contributed by atoms with van der Waals surface area (Å²) in [5.41, 5.74) is 7.11. The van der Waals surface area contributed by atoms with Crippen molar-refractivity contribution in [3.05, 3.63) is 36.2 Å². The molecular formula is C15H18N2O3. The predicted octanol–water partition coefficient (Wildman–Crippen LogP) is 2.21. The van der Waals surface area contributed by atoms with Gasteiger partial charge in [-0.05, 0) is 30.7 Å². The van der Waals surface area contributed by atoms with E-state index < -0.39 is 0 Å². The standard InChI is InChI=1S/C11H12N2O2.C4H6O/c1-14-10-4-2-8(3-5-10)11-13-9(6-12)7-15-11;1-3-2-5-4(1)3/h2-5,7H,6,12H2,1H3;3-4H,1-2H2. The van der Waals surface area contributed by atoms with Crippen LogP contribution in [0.15, 0.2) is 34.9 Å². The Balaban J connectivity index is 0.000000198. The van der Waals surface area contributed by atoms with Gasteiger partial charge in [0.15, 0.2) is 0 Å². The Labute approximate surface area is 117 Å². The number of oxazole rings is 1. The topological polar surface area (TPSA) is 70.5 Å². The van der Waals surface area contributed by atoms with Gasteiger partial charge in [-0.1, -0.05) is 0 Å². The molecule has 2 aliphatic rings. The van der Waals surface area contributed by atoms with Gasteiger partial charge in [-0.3, -0.25) is 0 Å². The van der Waals surface area contributed by atoms with Crippen LogP contribution in [-0.2, 0) is 11.3 Å². The van der Waals surface area contributed by atoms with Gasteiger partial charge in [0.2, 0.25) is 5.89 Å². The van der Waals surface area contributed by atoms with Crippen LogP contribution in [0.2, 0.25) is 0 Å². The van der Waals surface area contributed by atoms with Crippen molar-refractivity contribution < 1.29 is 13.9 Å². The van der Waals surface area contributed by atoms with E-state index in [0.717, 1.165) is 35.6 Å². The summed E-state index contributed by atoms with van der Waals surface area (Å²) in [4.78, 5) is 4.22. The van der Waals surface area contributed by atoms with Crippen LogP contribution in [0, 0.1) is 5.92 Å². The van der Waals surface area contributed by atoms with Crippen LogP contribution in [0.3, 0.4) is 0 Å². The van der Waals surface area contributed by atoms with Gasteiger partial charge < -0.3 is 19.6 Å². The molecule has 2 aromatic rings. The summed E-state index contributed by atoms with van der Waals surface area (Å²) in [7, 11) is 1.63. The van der Waals surface area contributed by atoms with E-state index in [-0.39, 0.29) is 0 Å². The average molecular weight is 274 g/mol. The number of hydrogen-bond donors (Lipinski definition) is 1. The van der Waals surface area contributed by atoms with Gasteiger partial charge in [-0.15, -0.1) is 0 Å². The minimum atomic E-state index is 0.389. The highest BCUT2D eigenvalue weighted by atomic mass is 16.5. The molecule has 20 heavy (non-hydrogen) atoms. The van der Waals surface area contributed by atoms with Crippen molar-refractivity contribution in [2.45, 2.75) is 19.1 Å². The lowest BCUT2D eigenvalue weighted by Gasteiger charge is -2.08. The van der Waals surface area contributed by atoms with Crippen molar-refractivity contribution in [1.29, 1.82) is 0 Å². The monoisotopic (exact) mass is 274 g/mol. The smallest absolute Gasteiger partial charge is 0.226 e. The zero-order valence-corrected chi connectivity index (χ0v) is 11.4. The lowest BCUT2D eigenvalue weighted by molar-refractivity contribution is 0.0231. The highest BCUT2D eigenvalue weighted by molar-refractivity contribution is 5.54. The molecule has 1 aliphatic heterocycles. The van der Waals surface area contributed by atoms with E-state index in [4.69, 9.17) is 19.6 Å². The fraction of sp³-hybridized carbons (Fsp3) is 0.400. The van der Waals surface area contributed by atoms with Crippen molar-refractivity contribution in [3.8, 4) is 17.2 Å². The molecule has 2 unspecified atom stereocenters. The van der Waals surface area contributed by atoms with Crippen molar-refractivity contribution in [2.75, 3.05) is 13.7 Å². The van der Waals surface area contributed by atoms with Gasteiger partial charge in [0.25, 0.3) is 0 Å². The number of aromatic nitrogens is 1. The Morgan fingerprint density at radius 1 is 1.35 bits per heavy atom. The highest BCUT2D eigenvalue weighted by Crippen LogP contribution is 2.42. The average Bonchev–Trinajstić information content (AvgIpc) is 2.92. The Kier molecular flexibility index (Phi) is 3.71. The van der Waals surface area contributed by atoms with Crippen LogP contribution >= 0.6 is 0 Å². The van der Waals surface area contributed by atoms with Gasteiger partial charge in [0.1, 0.15) is 12.0 Å². The van der Waals surface area contributed by atoms with Crippen molar-refractivity contribution in [1.82, 2.24) is 4.98 Å². The molecule has 0 spiro atoms. The zero-order valence-electron chi connectivity index (χ0n) is 11.4. The van der Waals surface area contributed by atoms with Crippen molar-refractivity contribution in [3.63, 3.8) is 0 Å². The molecule has 2 heterocycles. The molecule has 1 aromatic heterocycles. The molecule has 1 aliphatic carbocycles. The zero-order chi connectivity index (χ0) is 13.9. The maximum Gasteiger partial charge on any atom is 0.226 e. The van der Waals surface area contributed by atoms with Gasteiger partial charge in [0.05, 0.1) is 25.5 Å². The molecule has 5 nitrogen and oxygen atoms in total. The third-order valence-corrected chi connectivity index (χ3v) is 3.48. The van der Waals surface area contributed by atoms with Crippen LogP contribution in [-0.4, -0.2) is 24.8 Å². The minimum Gasteiger partial charge on any atom is -0.497 e. The summed E-state index contributed by atoms with van der Waals surface area (Å²) in [5.74, 6) is 2.40. The maximum absolute atomic E-state index is 5.44. The molecule has 1 saturated heterocycles. The second-order valence-electron chi connectivity index (χ2n) is 4.94. The summed E-state index contributed by atoms with van der Waals surface area (Å²) in [6.07, 6.45) is 3.66. The number of hydrogen-bond acceptors (Lipinski definition) is 5. The van der Waals surface area contributed by atoms with E-state index >= 15 is 0 Å². The van der Waals surface area contributed by atoms with Gasteiger partial charge in [-0.2, -0.15) is 0 Å². The molecular weight excluding hydrogens is 256 g/mol. The molecule has 5 heteroatoms. The number of methoxy groups -OCH3 is 1. The Bertz CT molecular complexity index is 553. The first-order valence-electron chi connectivity index (χ1n) is 6.70. The van der Waals surface area contributed by atoms with E-state index in [1.54, 1.807) is 13.4 Å². The normalized spacial score (nSPS) is 22.1. The van der Waals surface area contributed by atoms with Crippen LogP contribution < -0.4 is 10.5 Å². The minimum absolute atomic E-state index is 0.389. The number of rotatable bonds is 3. The van der Waals surface area contributed by atoms with Crippen LogP contribution in [0.4, 0.5) is 0 Å². The van der Waals surface area contributed by atoms with E-state index in [0.29, 0.717) is 12.4 Å². The molecule has 0 radical (unpaired) electrons. The van der Waals surface area contributed by atoms with Gasteiger partial charge >= 0.3 is 0 Å². The molecule has 0 bridgehead atoms. The molecule has 2 N–H and O–H groups in total. The van der Waals surface area contributed by atoms with E-state index in [2.05, 4.69) is 4.98 Å². The quantitative estimate of drug-likeness (QED) is 0.929. The first-order valence-corrected chi connectivity index (χ1v) is 6.70. The number of nitrogens with zero attached hydrogens (tertiary/aromatic N) is 1. The van der Waals surface area contributed by atoms with Crippen LogP contribution in [0.25, 0.3) is 11.5 Å². The summed E-state index contributed by atoms with van der Waals surface area (Å²) in [6.45, 7) is 1.45. The molecule has 106 valence electrons. The Morgan fingerprint density at radius 3 is 2.50 bits per heavy atom. The molecule has 4 rings (SSSR count). The van der Waals surface area contributed by atoms with Gasteiger partial charge in [-0.25, -0.2) is 4.98 Å². The van der Waals surface area contributed by atoms with Crippen LogP contribution in [0.1, 0.15) is 12.1 Å². The molecule has 1 saturated carbocycles. The van der Waals surface area contributed by atoms with Crippen LogP contribution in [0.5, 0.6) is 5.75 Å². The third kappa shape index (κ3) is 2.84. The predicted molar refractivity (Wildman–Crippen MR) is 74.2 cm³/mol. The summed E-state index contributed by atoms with van der Waals surface area (Å²) in [5, 5.41) is 0. The van der Waals surface area contributed by atoms with E-state index in [9.17, 15) is 0 Å². The van der Waals surface area contributed by atoms with Crippen molar-refractivity contribution >= 4 is 0 Å². The molecule has 2 fully saturated rings. The summed E-state index contributed by atoms with van der Waals surface area (Å²) < 4.78 is 15.3.